The van der Waals surface area contributed by atoms with Gasteiger partial charge in [-0.2, -0.15) is 0 Å². The van der Waals surface area contributed by atoms with E-state index in [1.807, 2.05) is 0 Å². The van der Waals surface area contributed by atoms with Gasteiger partial charge in [0.2, 0.25) is 0 Å². The predicted molar refractivity (Wildman–Crippen MR) is 131 cm³/mol. The smallest absolute Gasteiger partial charge is 0.0168 e. The number of hydrogen-bond acceptors (Lipinski definition) is 3. The molecule has 0 N–H and O–H groups in total. The molecule has 0 aliphatic carbocycles. The van der Waals surface area contributed by atoms with E-state index in [1.54, 1.807) is 0 Å². The first-order chi connectivity index (χ1) is 14.1. The van der Waals surface area contributed by atoms with Crippen LogP contribution in [0.3, 0.4) is 0 Å². The third-order valence-electron chi connectivity index (χ3n) is 9.14. The lowest BCUT2D eigenvalue weighted by atomic mass is 9.70. The molecule has 3 fully saturated rings. The lowest BCUT2D eigenvalue weighted by Gasteiger charge is -2.52. The van der Waals surface area contributed by atoms with Gasteiger partial charge in [-0.25, -0.2) is 0 Å². The second-order valence-corrected chi connectivity index (χ2v) is 12.6. The summed E-state index contributed by atoms with van der Waals surface area (Å²) >= 11 is 0. The highest BCUT2D eigenvalue weighted by Gasteiger charge is 2.41. The Morgan fingerprint density at radius 1 is 0.767 bits per heavy atom. The van der Waals surface area contributed by atoms with E-state index in [2.05, 4.69) is 63.2 Å². The van der Waals surface area contributed by atoms with Crippen LogP contribution < -0.4 is 0 Å². The van der Waals surface area contributed by atoms with Gasteiger partial charge in [0.15, 0.2) is 0 Å². The Labute approximate surface area is 188 Å². The lowest BCUT2D eigenvalue weighted by molar-refractivity contribution is -0.0180. The fourth-order valence-corrected chi connectivity index (χ4v) is 6.88. The van der Waals surface area contributed by atoms with E-state index in [9.17, 15) is 0 Å². The van der Waals surface area contributed by atoms with Crippen LogP contribution in [0.15, 0.2) is 0 Å². The van der Waals surface area contributed by atoms with Crippen molar-refractivity contribution in [2.75, 3.05) is 39.3 Å². The Morgan fingerprint density at radius 2 is 1.30 bits per heavy atom. The Bertz CT molecular complexity index is 500. The molecule has 3 nitrogen and oxygen atoms in total. The summed E-state index contributed by atoms with van der Waals surface area (Å²) in [6.45, 7) is 25.0. The van der Waals surface area contributed by atoms with Gasteiger partial charge in [-0.1, -0.05) is 13.8 Å². The molecule has 0 saturated carbocycles. The number of nitrogens with zero attached hydrogens (tertiary/aromatic N) is 3. The summed E-state index contributed by atoms with van der Waals surface area (Å²) in [5.41, 5.74) is 0.982. The molecule has 0 aromatic carbocycles. The van der Waals surface area contributed by atoms with E-state index in [4.69, 9.17) is 0 Å². The molecule has 3 heterocycles. The maximum absolute atomic E-state index is 2.84. The van der Waals surface area contributed by atoms with Crippen LogP contribution in [-0.4, -0.2) is 71.6 Å². The minimum absolute atomic E-state index is 0.328. The largest absolute Gasteiger partial charge is 0.301 e. The van der Waals surface area contributed by atoms with Crippen molar-refractivity contribution in [1.82, 2.24) is 14.7 Å². The molecular formula is C27H53N3. The summed E-state index contributed by atoms with van der Waals surface area (Å²) in [4.78, 5) is 8.33. The average molecular weight is 420 g/mol. The molecule has 30 heavy (non-hydrogen) atoms. The molecule has 0 aromatic heterocycles. The first-order valence-electron chi connectivity index (χ1n) is 13.3. The molecule has 176 valence electrons. The molecule has 1 atom stereocenters. The van der Waals surface area contributed by atoms with Gasteiger partial charge in [-0.05, 0) is 143 Å². The number of rotatable bonds is 7. The van der Waals surface area contributed by atoms with E-state index in [1.165, 1.54) is 90.6 Å². The first-order valence-corrected chi connectivity index (χ1v) is 13.3. The van der Waals surface area contributed by atoms with Crippen LogP contribution in [0, 0.1) is 17.3 Å². The minimum Gasteiger partial charge on any atom is -0.301 e. The summed E-state index contributed by atoms with van der Waals surface area (Å²) < 4.78 is 0. The molecule has 0 amide bonds. The van der Waals surface area contributed by atoms with Gasteiger partial charge in [0.05, 0.1) is 0 Å². The van der Waals surface area contributed by atoms with Crippen molar-refractivity contribution in [3.05, 3.63) is 0 Å². The zero-order valence-electron chi connectivity index (χ0n) is 21.6. The lowest BCUT2D eigenvalue weighted by Crippen LogP contribution is -2.55. The third-order valence-corrected chi connectivity index (χ3v) is 9.14. The zero-order valence-corrected chi connectivity index (χ0v) is 21.6. The molecule has 0 bridgehead atoms. The van der Waals surface area contributed by atoms with Gasteiger partial charge in [-0.3, -0.25) is 4.90 Å². The summed E-state index contributed by atoms with van der Waals surface area (Å²) in [6, 6.07) is 1.43. The maximum atomic E-state index is 2.84. The van der Waals surface area contributed by atoms with E-state index >= 15 is 0 Å². The van der Waals surface area contributed by atoms with Crippen LogP contribution in [0.2, 0.25) is 0 Å². The molecule has 1 unspecified atom stereocenters. The van der Waals surface area contributed by atoms with E-state index < -0.39 is 0 Å². The Kier molecular flexibility index (Phi) is 8.35. The third kappa shape index (κ3) is 6.23. The Morgan fingerprint density at radius 3 is 1.80 bits per heavy atom. The van der Waals surface area contributed by atoms with Crippen molar-refractivity contribution in [1.29, 1.82) is 0 Å². The van der Waals surface area contributed by atoms with Crippen LogP contribution in [0.1, 0.15) is 99.8 Å². The standard InChI is InChI=1S/C27H53N3/c1-22(2)20-25-8-14-29(15-9-25)24(5)21-26(6,7)30-18-12-27(13-19-30)10-16-28(17-11-27)23(3)4/h22-25H,8-21H2,1-7H3. The molecule has 3 aliphatic rings. The van der Waals surface area contributed by atoms with Gasteiger partial charge in [0, 0.05) is 17.6 Å². The monoisotopic (exact) mass is 419 g/mol. The molecule has 3 saturated heterocycles. The van der Waals surface area contributed by atoms with Crippen molar-refractivity contribution in [3.63, 3.8) is 0 Å². The minimum atomic E-state index is 0.328. The Balaban J connectivity index is 1.44. The summed E-state index contributed by atoms with van der Waals surface area (Å²) in [7, 11) is 0. The number of hydrogen-bond donors (Lipinski definition) is 0. The molecule has 3 aliphatic heterocycles. The van der Waals surface area contributed by atoms with Crippen molar-refractivity contribution in [3.8, 4) is 0 Å². The number of piperidine rings is 3. The van der Waals surface area contributed by atoms with Gasteiger partial charge in [-0.15, -0.1) is 0 Å². The number of likely N-dealkylation sites (tertiary alicyclic amines) is 3. The second kappa shape index (κ2) is 10.2. The van der Waals surface area contributed by atoms with E-state index in [-0.39, 0.29) is 0 Å². The van der Waals surface area contributed by atoms with Crippen LogP contribution in [0.25, 0.3) is 0 Å². The van der Waals surface area contributed by atoms with E-state index in [0.717, 1.165) is 17.9 Å². The van der Waals surface area contributed by atoms with Crippen molar-refractivity contribution < 1.29 is 0 Å². The summed E-state index contributed by atoms with van der Waals surface area (Å²) in [6.07, 6.45) is 11.3. The molecule has 0 aromatic rings. The van der Waals surface area contributed by atoms with Crippen LogP contribution in [-0.2, 0) is 0 Å². The summed E-state index contributed by atoms with van der Waals surface area (Å²) in [5, 5.41) is 0. The summed E-state index contributed by atoms with van der Waals surface area (Å²) in [5.74, 6) is 1.83. The molecule has 3 heteroatoms. The Hall–Kier alpha value is -0.120. The first kappa shape index (κ1) is 24.5. The van der Waals surface area contributed by atoms with Gasteiger partial charge in [0.1, 0.15) is 0 Å². The van der Waals surface area contributed by atoms with Gasteiger partial charge >= 0.3 is 0 Å². The molecular weight excluding hydrogens is 366 g/mol. The fraction of sp³-hybridized carbons (Fsp3) is 1.00. The molecule has 0 radical (unpaired) electrons. The highest BCUT2D eigenvalue weighted by Crippen LogP contribution is 2.43. The van der Waals surface area contributed by atoms with Crippen LogP contribution in [0.5, 0.6) is 0 Å². The SMILES string of the molecule is CC(C)CC1CCN(C(C)CC(C)(C)N2CCC3(CCN(C(C)C)CC3)CC2)CC1. The quantitative estimate of drug-likeness (QED) is 0.509. The van der Waals surface area contributed by atoms with Crippen molar-refractivity contribution >= 4 is 0 Å². The second-order valence-electron chi connectivity index (χ2n) is 12.6. The van der Waals surface area contributed by atoms with Crippen LogP contribution in [0.4, 0.5) is 0 Å². The zero-order chi connectivity index (χ0) is 21.9. The fourth-order valence-electron chi connectivity index (χ4n) is 6.88. The normalized spacial score (nSPS) is 26.7. The van der Waals surface area contributed by atoms with Crippen molar-refractivity contribution in [2.45, 2.75) is 117 Å². The van der Waals surface area contributed by atoms with Crippen molar-refractivity contribution in [2.24, 2.45) is 17.3 Å². The highest BCUT2D eigenvalue weighted by molar-refractivity contribution is 4.96. The molecule has 3 rings (SSSR count). The predicted octanol–water partition coefficient (Wildman–Crippen LogP) is 5.89. The van der Waals surface area contributed by atoms with E-state index in [0.29, 0.717) is 17.0 Å². The average Bonchev–Trinajstić information content (AvgIpc) is 2.68. The van der Waals surface area contributed by atoms with Crippen LogP contribution >= 0.6 is 0 Å². The van der Waals surface area contributed by atoms with Gasteiger partial charge < -0.3 is 9.80 Å². The van der Waals surface area contributed by atoms with Gasteiger partial charge in [0.25, 0.3) is 0 Å². The molecule has 1 spiro atoms. The maximum Gasteiger partial charge on any atom is 0.0168 e. The highest BCUT2D eigenvalue weighted by atomic mass is 15.2. The topological polar surface area (TPSA) is 9.72 Å².